The summed E-state index contributed by atoms with van der Waals surface area (Å²) >= 11 is 0. The first-order valence-electron chi connectivity index (χ1n) is 7.81. The van der Waals surface area contributed by atoms with Crippen LogP contribution in [-0.4, -0.2) is 45.2 Å². The van der Waals surface area contributed by atoms with E-state index in [0.29, 0.717) is 6.54 Å². The SMILES string of the molecule is CCNC(=O)CN1C=C(S(=O)(=O)c2ccc(OC(F)(F)F)cc2)C=C(N)C1. The number of alkyl halides is 3. The van der Waals surface area contributed by atoms with Gasteiger partial charge in [0.25, 0.3) is 0 Å². The first kappa shape index (κ1) is 20.6. The Morgan fingerprint density at radius 3 is 2.48 bits per heavy atom. The van der Waals surface area contributed by atoms with Crippen molar-refractivity contribution in [2.45, 2.75) is 18.2 Å². The van der Waals surface area contributed by atoms with E-state index in [9.17, 15) is 26.4 Å². The molecule has 0 saturated heterocycles. The van der Waals surface area contributed by atoms with Crippen molar-refractivity contribution >= 4 is 15.7 Å². The Kier molecular flexibility index (Phi) is 6.04. The van der Waals surface area contributed by atoms with Crippen molar-refractivity contribution in [1.82, 2.24) is 10.2 Å². The fraction of sp³-hybridized carbons (Fsp3) is 0.312. The summed E-state index contributed by atoms with van der Waals surface area (Å²) in [4.78, 5) is 12.7. The molecule has 1 heterocycles. The highest BCUT2D eigenvalue weighted by atomic mass is 32.2. The molecule has 1 amide bonds. The maximum Gasteiger partial charge on any atom is 0.573 e. The van der Waals surface area contributed by atoms with E-state index >= 15 is 0 Å². The van der Waals surface area contributed by atoms with Gasteiger partial charge in [-0.1, -0.05) is 0 Å². The van der Waals surface area contributed by atoms with E-state index in [0.717, 1.165) is 24.3 Å². The average molecular weight is 405 g/mol. The lowest BCUT2D eigenvalue weighted by atomic mass is 10.3. The molecule has 0 radical (unpaired) electrons. The second-order valence-corrected chi connectivity index (χ2v) is 7.58. The number of nitrogens with one attached hydrogen (secondary N) is 1. The zero-order chi connectivity index (χ0) is 20.2. The summed E-state index contributed by atoms with van der Waals surface area (Å²) in [6.07, 6.45) is -2.34. The van der Waals surface area contributed by atoms with Crippen molar-refractivity contribution in [3.8, 4) is 5.75 Å². The number of sulfone groups is 1. The molecule has 0 spiro atoms. The maximum absolute atomic E-state index is 12.7. The van der Waals surface area contributed by atoms with Gasteiger partial charge in [0, 0.05) is 18.4 Å². The van der Waals surface area contributed by atoms with Gasteiger partial charge in [0.1, 0.15) is 5.75 Å². The molecule has 11 heteroatoms. The maximum atomic E-state index is 12.7. The number of likely N-dealkylation sites (N-methyl/N-ethyl adjacent to an activating group) is 1. The number of hydrogen-bond donors (Lipinski definition) is 2. The van der Waals surface area contributed by atoms with Crippen LogP contribution in [-0.2, 0) is 14.6 Å². The number of allylic oxidation sites excluding steroid dienone is 1. The topological polar surface area (TPSA) is 102 Å². The fourth-order valence-electron chi connectivity index (χ4n) is 2.37. The van der Waals surface area contributed by atoms with Crippen LogP contribution in [0.2, 0.25) is 0 Å². The largest absolute Gasteiger partial charge is 0.573 e. The summed E-state index contributed by atoms with van der Waals surface area (Å²) in [5.74, 6) is -0.833. The van der Waals surface area contributed by atoms with Gasteiger partial charge in [0.05, 0.1) is 22.9 Å². The van der Waals surface area contributed by atoms with Crippen LogP contribution in [0.1, 0.15) is 6.92 Å². The fourth-order valence-corrected chi connectivity index (χ4v) is 3.73. The van der Waals surface area contributed by atoms with Crippen molar-refractivity contribution in [3.63, 3.8) is 0 Å². The van der Waals surface area contributed by atoms with Gasteiger partial charge >= 0.3 is 6.36 Å². The molecular weight excluding hydrogens is 387 g/mol. The van der Waals surface area contributed by atoms with Crippen molar-refractivity contribution < 1.29 is 31.1 Å². The molecular formula is C16H18F3N3O4S. The second kappa shape index (κ2) is 7.91. The third-order valence-electron chi connectivity index (χ3n) is 3.42. The zero-order valence-corrected chi connectivity index (χ0v) is 15.1. The van der Waals surface area contributed by atoms with E-state index in [2.05, 4.69) is 10.1 Å². The van der Waals surface area contributed by atoms with E-state index in [1.807, 2.05) is 0 Å². The normalized spacial score (nSPS) is 15.0. The number of carbonyl (C=O) groups excluding carboxylic acids is 1. The summed E-state index contributed by atoms with van der Waals surface area (Å²) in [5.41, 5.74) is 6.00. The molecule has 1 aliphatic heterocycles. The molecule has 0 fully saturated rings. The highest BCUT2D eigenvalue weighted by Crippen LogP contribution is 2.28. The number of carbonyl (C=O) groups is 1. The molecule has 0 aromatic heterocycles. The van der Waals surface area contributed by atoms with Gasteiger partial charge in [0.15, 0.2) is 0 Å². The third-order valence-corrected chi connectivity index (χ3v) is 5.16. The van der Waals surface area contributed by atoms with Gasteiger partial charge in [-0.05, 0) is 37.3 Å². The Balaban J connectivity index is 2.25. The van der Waals surface area contributed by atoms with Gasteiger partial charge < -0.3 is 20.7 Å². The number of ether oxygens (including phenoxy) is 1. The third kappa shape index (κ3) is 5.64. The number of nitrogens with two attached hydrogens (primary N) is 1. The number of nitrogens with zero attached hydrogens (tertiary/aromatic N) is 1. The molecule has 2 rings (SSSR count). The van der Waals surface area contributed by atoms with Gasteiger partial charge in [0.2, 0.25) is 15.7 Å². The molecule has 0 saturated carbocycles. The van der Waals surface area contributed by atoms with E-state index in [1.54, 1.807) is 6.92 Å². The minimum atomic E-state index is -4.87. The van der Waals surface area contributed by atoms with Crippen LogP contribution in [0.25, 0.3) is 0 Å². The predicted octanol–water partition coefficient (Wildman–Crippen LogP) is 1.49. The van der Waals surface area contributed by atoms with E-state index < -0.39 is 21.9 Å². The van der Waals surface area contributed by atoms with E-state index in [4.69, 9.17) is 5.73 Å². The van der Waals surface area contributed by atoms with Crippen LogP contribution in [0.15, 0.2) is 52.0 Å². The number of halogens is 3. The smallest absolute Gasteiger partial charge is 0.406 e. The molecule has 148 valence electrons. The second-order valence-electron chi connectivity index (χ2n) is 5.63. The minimum absolute atomic E-state index is 0.0836. The lowest BCUT2D eigenvalue weighted by molar-refractivity contribution is -0.274. The standard InChI is InChI=1S/C16H18F3N3O4S/c1-2-21-15(23)10-22-8-11(20)7-14(9-22)27(24,25)13-5-3-12(4-6-13)26-16(17,18)19/h3-7,9H,2,8,10,20H2,1H3,(H,21,23). The molecule has 0 atom stereocenters. The first-order chi connectivity index (χ1) is 12.5. The van der Waals surface area contributed by atoms with Crippen molar-refractivity contribution in [1.29, 1.82) is 0 Å². The average Bonchev–Trinajstić information content (AvgIpc) is 2.53. The summed E-state index contributed by atoms with van der Waals surface area (Å²) in [6.45, 7) is 2.27. The monoisotopic (exact) mass is 405 g/mol. The predicted molar refractivity (Wildman–Crippen MR) is 90.9 cm³/mol. The summed E-state index contributed by atoms with van der Waals surface area (Å²) in [6, 6.07) is 3.82. The molecule has 27 heavy (non-hydrogen) atoms. The Hall–Kier alpha value is -2.69. The lowest BCUT2D eigenvalue weighted by Gasteiger charge is -2.25. The highest BCUT2D eigenvalue weighted by Gasteiger charge is 2.31. The van der Waals surface area contributed by atoms with Crippen molar-refractivity contribution in [2.75, 3.05) is 19.6 Å². The van der Waals surface area contributed by atoms with Crippen molar-refractivity contribution in [3.05, 3.63) is 47.1 Å². The summed E-state index contributed by atoms with van der Waals surface area (Å²) < 4.78 is 65.8. The number of amides is 1. The molecule has 0 bridgehead atoms. The van der Waals surface area contributed by atoms with Crippen molar-refractivity contribution in [2.24, 2.45) is 5.73 Å². The summed E-state index contributed by atoms with van der Waals surface area (Å²) in [7, 11) is -4.04. The first-order valence-corrected chi connectivity index (χ1v) is 9.29. The van der Waals surface area contributed by atoms with Crippen LogP contribution in [0.4, 0.5) is 13.2 Å². The van der Waals surface area contributed by atoms with Crippen LogP contribution < -0.4 is 15.8 Å². The minimum Gasteiger partial charge on any atom is -0.406 e. The molecule has 1 aromatic carbocycles. The molecule has 1 aromatic rings. The lowest BCUT2D eigenvalue weighted by Crippen LogP contribution is -2.37. The van der Waals surface area contributed by atoms with E-state index in [-0.39, 0.29) is 34.5 Å². The zero-order valence-electron chi connectivity index (χ0n) is 14.3. The van der Waals surface area contributed by atoms with Crippen LogP contribution in [0.3, 0.4) is 0 Å². The van der Waals surface area contributed by atoms with Gasteiger partial charge in [-0.3, -0.25) is 4.79 Å². The number of rotatable bonds is 6. The Bertz CT molecular complexity index is 862. The molecule has 0 aliphatic carbocycles. The van der Waals surface area contributed by atoms with Crippen LogP contribution in [0, 0.1) is 0 Å². The number of benzene rings is 1. The van der Waals surface area contributed by atoms with Gasteiger partial charge in [-0.25, -0.2) is 8.42 Å². The van der Waals surface area contributed by atoms with Crippen LogP contribution in [0.5, 0.6) is 5.75 Å². The summed E-state index contributed by atoms with van der Waals surface area (Å²) in [5, 5.41) is 2.59. The van der Waals surface area contributed by atoms with E-state index in [1.165, 1.54) is 17.2 Å². The number of hydrogen-bond acceptors (Lipinski definition) is 6. The quantitative estimate of drug-likeness (QED) is 0.744. The molecule has 0 unspecified atom stereocenters. The Morgan fingerprint density at radius 1 is 1.30 bits per heavy atom. The van der Waals surface area contributed by atoms with Gasteiger partial charge in [-0.2, -0.15) is 0 Å². The van der Waals surface area contributed by atoms with Gasteiger partial charge in [-0.15, -0.1) is 13.2 Å². The molecule has 1 aliphatic rings. The Morgan fingerprint density at radius 2 is 1.93 bits per heavy atom. The van der Waals surface area contributed by atoms with Crippen LogP contribution >= 0.6 is 0 Å². The molecule has 7 nitrogen and oxygen atoms in total. The highest BCUT2D eigenvalue weighted by molar-refractivity contribution is 7.95. The Labute approximate surface area is 154 Å². The molecule has 3 N–H and O–H groups in total.